The summed E-state index contributed by atoms with van der Waals surface area (Å²) in [6.45, 7) is 1.44. The maximum absolute atomic E-state index is 12.6. The van der Waals surface area contributed by atoms with Gasteiger partial charge in [-0.2, -0.15) is 8.42 Å². The number of nitro benzene ring substituents is 1. The minimum atomic E-state index is -4.10. The van der Waals surface area contributed by atoms with Crippen molar-refractivity contribution in [3.05, 3.63) is 64.2 Å². The second-order valence-electron chi connectivity index (χ2n) is 6.16. The van der Waals surface area contributed by atoms with Crippen LogP contribution in [0.15, 0.2) is 53.4 Å². The van der Waals surface area contributed by atoms with Crippen LogP contribution in [0, 0.1) is 10.1 Å². The van der Waals surface area contributed by atoms with Crippen LogP contribution in [-0.2, 0) is 24.3 Å². The molecule has 10 nitrogen and oxygen atoms in total. The highest BCUT2D eigenvalue weighted by Crippen LogP contribution is 2.27. The standard InChI is InChI=1S/C17H20N2O8S2/c1-12(18-29(24,25)16-9-7-14(8-10-16)19(20)21)17(27-28(3,22)23)13-5-4-6-15(11-13)26-2/h4-12,17-18H,1-3H3/t12-,17-/m0/s1. The minimum Gasteiger partial charge on any atom is -0.497 e. The predicted molar refractivity (Wildman–Crippen MR) is 105 cm³/mol. The first-order chi connectivity index (χ1) is 13.4. The molecule has 0 saturated carbocycles. The van der Waals surface area contributed by atoms with Crippen molar-refractivity contribution in [1.29, 1.82) is 0 Å². The molecule has 0 heterocycles. The monoisotopic (exact) mass is 444 g/mol. The lowest BCUT2D eigenvalue weighted by Crippen LogP contribution is -2.38. The molecule has 0 unspecified atom stereocenters. The van der Waals surface area contributed by atoms with Gasteiger partial charge in [-0.25, -0.2) is 13.1 Å². The van der Waals surface area contributed by atoms with E-state index in [1.165, 1.54) is 20.1 Å². The van der Waals surface area contributed by atoms with Gasteiger partial charge in [0.15, 0.2) is 0 Å². The van der Waals surface area contributed by atoms with Gasteiger partial charge >= 0.3 is 0 Å². The Morgan fingerprint density at radius 3 is 2.21 bits per heavy atom. The maximum Gasteiger partial charge on any atom is 0.269 e. The van der Waals surface area contributed by atoms with E-state index in [0.717, 1.165) is 30.5 Å². The highest BCUT2D eigenvalue weighted by atomic mass is 32.2. The molecule has 0 saturated heterocycles. The van der Waals surface area contributed by atoms with Gasteiger partial charge in [-0.1, -0.05) is 12.1 Å². The van der Waals surface area contributed by atoms with E-state index in [1.54, 1.807) is 18.2 Å². The smallest absolute Gasteiger partial charge is 0.269 e. The van der Waals surface area contributed by atoms with Crippen molar-refractivity contribution in [2.75, 3.05) is 13.4 Å². The normalized spacial score (nSPS) is 14.2. The number of non-ortho nitro benzene ring substituents is 1. The Morgan fingerprint density at radius 2 is 1.69 bits per heavy atom. The summed E-state index contributed by atoms with van der Waals surface area (Å²) in [5.74, 6) is 0.440. The number of nitro groups is 1. The molecule has 29 heavy (non-hydrogen) atoms. The first kappa shape index (κ1) is 22.7. The van der Waals surface area contributed by atoms with E-state index < -0.39 is 37.2 Å². The Balaban J connectivity index is 2.34. The lowest BCUT2D eigenvalue weighted by atomic mass is 10.0. The summed E-state index contributed by atoms with van der Waals surface area (Å²) in [5, 5.41) is 10.7. The number of benzene rings is 2. The Kier molecular flexibility index (Phi) is 6.95. The molecule has 0 aliphatic carbocycles. The van der Waals surface area contributed by atoms with Crippen LogP contribution < -0.4 is 9.46 Å². The summed E-state index contributed by atoms with van der Waals surface area (Å²) in [6.07, 6.45) is -0.314. The Labute approximate surface area is 168 Å². The number of hydrogen-bond donors (Lipinski definition) is 1. The first-order valence-electron chi connectivity index (χ1n) is 8.22. The molecule has 0 bridgehead atoms. The molecule has 0 radical (unpaired) electrons. The average molecular weight is 444 g/mol. The third-order valence-corrected chi connectivity index (χ3v) is 5.99. The molecule has 2 rings (SSSR count). The maximum atomic E-state index is 12.6. The molecule has 2 aromatic rings. The number of nitrogens with zero attached hydrogens (tertiary/aromatic N) is 1. The molecular weight excluding hydrogens is 424 g/mol. The Morgan fingerprint density at radius 1 is 1.07 bits per heavy atom. The van der Waals surface area contributed by atoms with Crippen molar-refractivity contribution in [1.82, 2.24) is 4.72 Å². The second kappa shape index (κ2) is 8.86. The van der Waals surface area contributed by atoms with Gasteiger partial charge in [-0.3, -0.25) is 14.3 Å². The summed E-state index contributed by atoms with van der Waals surface area (Å²) < 4.78 is 61.3. The van der Waals surface area contributed by atoms with E-state index in [-0.39, 0.29) is 10.6 Å². The molecule has 0 amide bonds. The van der Waals surface area contributed by atoms with E-state index in [1.807, 2.05) is 0 Å². The molecular formula is C17H20N2O8S2. The van der Waals surface area contributed by atoms with E-state index in [0.29, 0.717) is 11.3 Å². The lowest BCUT2D eigenvalue weighted by molar-refractivity contribution is -0.384. The van der Waals surface area contributed by atoms with Gasteiger partial charge in [0.25, 0.3) is 15.8 Å². The first-order valence-corrected chi connectivity index (χ1v) is 11.5. The Hall–Kier alpha value is -2.54. The zero-order valence-electron chi connectivity index (χ0n) is 15.8. The summed E-state index contributed by atoms with van der Waals surface area (Å²) >= 11 is 0. The van der Waals surface area contributed by atoms with Gasteiger partial charge in [0.1, 0.15) is 11.9 Å². The molecule has 2 aromatic carbocycles. The quantitative estimate of drug-likeness (QED) is 0.351. The number of ether oxygens (including phenoxy) is 1. The van der Waals surface area contributed by atoms with Crippen molar-refractivity contribution in [2.45, 2.75) is 24.0 Å². The van der Waals surface area contributed by atoms with E-state index in [2.05, 4.69) is 4.72 Å². The highest BCUT2D eigenvalue weighted by molar-refractivity contribution is 7.89. The predicted octanol–water partition coefficient (Wildman–Crippen LogP) is 1.99. The molecule has 0 aliphatic rings. The number of hydrogen-bond acceptors (Lipinski definition) is 8. The SMILES string of the molecule is COc1cccc([C@@H](OS(C)(=O)=O)[C@H](C)NS(=O)(=O)c2ccc([N+](=O)[O-])cc2)c1. The van der Waals surface area contributed by atoms with Crippen molar-refractivity contribution in [2.24, 2.45) is 0 Å². The van der Waals surface area contributed by atoms with E-state index in [9.17, 15) is 26.9 Å². The zero-order valence-corrected chi connectivity index (χ0v) is 17.4. The number of rotatable bonds is 9. The topological polar surface area (TPSA) is 142 Å². The fourth-order valence-corrected chi connectivity index (χ4v) is 4.45. The van der Waals surface area contributed by atoms with Gasteiger partial charge in [0, 0.05) is 12.1 Å². The zero-order chi connectivity index (χ0) is 21.8. The van der Waals surface area contributed by atoms with Gasteiger partial charge < -0.3 is 4.74 Å². The minimum absolute atomic E-state index is 0.210. The molecule has 2 atom stereocenters. The molecule has 158 valence electrons. The number of nitrogens with one attached hydrogen (secondary N) is 1. The summed E-state index contributed by atoms with van der Waals surface area (Å²) in [5.41, 5.74) is 0.125. The van der Waals surface area contributed by atoms with Crippen LogP contribution in [0.4, 0.5) is 5.69 Å². The van der Waals surface area contributed by atoms with Crippen LogP contribution in [0.25, 0.3) is 0 Å². The number of sulfonamides is 1. The third kappa shape index (κ3) is 6.22. The van der Waals surface area contributed by atoms with Crippen LogP contribution in [0.5, 0.6) is 5.75 Å². The van der Waals surface area contributed by atoms with Crippen LogP contribution in [0.2, 0.25) is 0 Å². The molecule has 0 aliphatic heterocycles. The fourth-order valence-electron chi connectivity index (χ4n) is 2.56. The van der Waals surface area contributed by atoms with Crippen LogP contribution in [-0.4, -0.2) is 41.2 Å². The second-order valence-corrected chi connectivity index (χ2v) is 9.47. The van der Waals surface area contributed by atoms with Crippen molar-refractivity contribution >= 4 is 25.8 Å². The summed E-state index contributed by atoms with van der Waals surface area (Å²) in [7, 11) is -6.59. The third-order valence-electron chi connectivity index (χ3n) is 3.85. The summed E-state index contributed by atoms with van der Waals surface area (Å²) in [4.78, 5) is 9.87. The summed E-state index contributed by atoms with van der Waals surface area (Å²) in [6, 6.07) is 9.67. The van der Waals surface area contributed by atoms with Crippen molar-refractivity contribution < 1.29 is 30.7 Å². The largest absolute Gasteiger partial charge is 0.497 e. The fraction of sp³-hybridized carbons (Fsp3) is 0.294. The van der Waals surface area contributed by atoms with Gasteiger partial charge in [0.2, 0.25) is 10.0 Å². The van der Waals surface area contributed by atoms with Gasteiger partial charge in [-0.05, 0) is 36.8 Å². The molecule has 12 heteroatoms. The van der Waals surface area contributed by atoms with Crippen molar-refractivity contribution in [3.63, 3.8) is 0 Å². The average Bonchev–Trinajstić information content (AvgIpc) is 2.65. The van der Waals surface area contributed by atoms with Crippen LogP contribution >= 0.6 is 0 Å². The van der Waals surface area contributed by atoms with Gasteiger partial charge in [-0.15, -0.1) is 0 Å². The van der Waals surface area contributed by atoms with Crippen molar-refractivity contribution in [3.8, 4) is 5.75 Å². The lowest BCUT2D eigenvalue weighted by Gasteiger charge is -2.24. The molecule has 0 aromatic heterocycles. The Bertz CT molecular complexity index is 1080. The van der Waals surface area contributed by atoms with Gasteiger partial charge in [0.05, 0.1) is 29.2 Å². The molecule has 1 N–H and O–H groups in total. The van der Waals surface area contributed by atoms with Crippen LogP contribution in [0.1, 0.15) is 18.6 Å². The van der Waals surface area contributed by atoms with E-state index >= 15 is 0 Å². The molecule has 0 fully saturated rings. The highest BCUT2D eigenvalue weighted by Gasteiger charge is 2.29. The van der Waals surface area contributed by atoms with E-state index in [4.69, 9.17) is 8.92 Å². The van der Waals surface area contributed by atoms with Crippen LogP contribution in [0.3, 0.4) is 0 Å². The number of methoxy groups -OCH3 is 1. The molecule has 0 spiro atoms.